The van der Waals surface area contributed by atoms with Crippen molar-refractivity contribution in [3.63, 3.8) is 0 Å². The number of carbonyl (C=O) groups excluding carboxylic acids is 2. The first-order valence-corrected chi connectivity index (χ1v) is 16.5. The first-order chi connectivity index (χ1) is 18.6. The predicted molar refractivity (Wildman–Crippen MR) is 174 cm³/mol. The molecule has 0 saturated carbocycles. The van der Waals surface area contributed by atoms with Crippen LogP contribution < -0.4 is 10.6 Å². The second kappa shape index (κ2) is 12.0. The molecular weight excluding hydrogens is 524 g/mol. The third kappa shape index (κ3) is 8.31. The quantitative estimate of drug-likeness (QED) is 0.228. The monoisotopic (exact) mass is 593 g/mol. The number of hydrogen-bond acceptors (Lipinski definition) is 6. The highest BCUT2D eigenvalue weighted by Crippen LogP contribution is 2.48. The summed E-state index contributed by atoms with van der Waals surface area (Å²) < 4.78 is 12.2. The SMILES string of the molecule is CC(C)(C)C1(C)CC(OC(=O)CCCCC(=O)OC2CC(C)(C(C)(C)C)NC(C)(C(C)(C)C)C2)CC(C)(C(C)(C)C)N1. The van der Waals surface area contributed by atoms with Gasteiger partial charge in [-0.15, -0.1) is 0 Å². The second-order valence-corrected chi connectivity index (χ2v) is 18.8. The van der Waals surface area contributed by atoms with Crippen LogP contribution in [0.2, 0.25) is 0 Å². The summed E-state index contributed by atoms with van der Waals surface area (Å²) in [5, 5.41) is 7.93. The lowest BCUT2D eigenvalue weighted by Gasteiger charge is -2.58. The maximum atomic E-state index is 13.0. The van der Waals surface area contributed by atoms with Gasteiger partial charge in [-0.25, -0.2) is 0 Å². The molecule has 2 aliphatic rings. The zero-order valence-electron chi connectivity index (χ0n) is 30.4. The zero-order valence-corrected chi connectivity index (χ0v) is 30.4. The van der Waals surface area contributed by atoms with Crippen molar-refractivity contribution in [2.24, 2.45) is 21.7 Å². The Morgan fingerprint density at radius 3 is 0.929 bits per heavy atom. The molecule has 0 aromatic rings. The highest BCUT2D eigenvalue weighted by Gasteiger charge is 2.54. The van der Waals surface area contributed by atoms with Crippen LogP contribution in [0.25, 0.3) is 0 Å². The van der Waals surface area contributed by atoms with Gasteiger partial charge in [-0.05, 0) is 62.2 Å². The number of piperidine rings is 2. The first kappa shape index (κ1) is 37.0. The Kier molecular flexibility index (Phi) is 10.6. The third-order valence-corrected chi connectivity index (χ3v) is 11.9. The Morgan fingerprint density at radius 1 is 0.524 bits per heavy atom. The highest BCUT2D eigenvalue weighted by atomic mass is 16.5. The molecule has 0 spiro atoms. The average Bonchev–Trinajstić information content (AvgIpc) is 2.72. The molecule has 2 heterocycles. The molecule has 0 aromatic heterocycles. The van der Waals surface area contributed by atoms with Crippen LogP contribution in [0.1, 0.15) is 162 Å². The fraction of sp³-hybridized carbons (Fsp3) is 0.944. The van der Waals surface area contributed by atoms with Crippen LogP contribution in [-0.4, -0.2) is 46.3 Å². The Hall–Kier alpha value is -1.14. The van der Waals surface area contributed by atoms with Crippen LogP contribution in [0, 0.1) is 21.7 Å². The molecule has 246 valence electrons. The maximum Gasteiger partial charge on any atom is 0.306 e. The van der Waals surface area contributed by atoms with E-state index >= 15 is 0 Å². The summed E-state index contributed by atoms with van der Waals surface area (Å²) in [5.41, 5.74) is -0.624. The zero-order chi connectivity index (χ0) is 32.8. The minimum atomic E-state index is -0.164. The van der Waals surface area contributed by atoms with Gasteiger partial charge in [-0.3, -0.25) is 9.59 Å². The molecule has 0 amide bonds. The number of esters is 2. The summed E-state index contributed by atoms with van der Waals surface area (Å²) >= 11 is 0. The summed E-state index contributed by atoms with van der Waals surface area (Å²) in [6, 6.07) is 0. The number of rotatable bonds is 7. The van der Waals surface area contributed by atoms with E-state index in [4.69, 9.17) is 9.47 Å². The molecule has 0 aromatic carbocycles. The van der Waals surface area contributed by atoms with Gasteiger partial charge in [0.25, 0.3) is 0 Å². The van der Waals surface area contributed by atoms with Crippen LogP contribution in [0.3, 0.4) is 0 Å². The molecule has 2 rings (SSSR count). The number of unbranched alkanes of at least 4 members (excludes halogenated alkanes) is 1. The lowest BCUT2D eigenvalue weighted by molar-refractivity contribution is -0.160. The van der Waals surface area contributed by atoms with E-state index in [1.807, 2.05) is 0 Å². The van der Waals surface area contributed by atoms with Crippen LogP contribution in [0.5, 0.6) is 0 Å². The van der Waals surface area contributed by atoms with Crippen LogP contribution in [0.4, 0.5) is 0 Å². The van der Waals surface area contributed by atoms with E-state index in [-0.39, 0.29) is 68.0 Å². The van der Waals surface area contributed by atoms with Gasteiger partial charge in [-0.1, -0.05) is 83.1 Å². The molecule has 2 saturated heterocycles. The van der Waals surface area contributed by atoms with E-state index in [2.05, 4.69) is 121 Å². The lowest BCUT2D eigenvalue weighted by atomic mass is 9.61. The maximum absolute atomic E-state index is 13.0. The van der Waals surface area contributed by atoms with E-state index in [0.717, 1.165) is 25.7 Å². The molecule has 42 heavy (non-hydrogen) atoms. The molecule has 6 nitrogen and oxygen atoms in total. The van der Waals surface area contributed by atoms with Gasteiger partial charge >= 0.3 is 11.9 Å². The summed E-state index contributed by atoms with van der Waals surface area (Å²) in [6.45, 7) is 36.1. The van der Waals surface area contributed by atoms with Crippen LogP contribution >= 0.6 is 0 Å². The largest absolute Gasteiger partial charge is 0.462 e. The molecule has 4 atom stereocenters. The van der Waals surface area contributed by atoms with Crippen molar-refractivity contribution in [1.82, 2.24) is 10.6 Å². The van der Waals surface area contributed by atoms with E-state index in [1.54, 1.807) is 0 Å². The van der Waals surface area contributed by atoms with E-state index in [1.165, 1.54) is 0 Å². The van der Waals surface area contributed by atoms with Crippen LogP contribution in [-0.2, 0) is 19.1 Å². The number of hydrogen-bond donors (Lipinski definition) is 2. The minimum absolute atomic E-state index is 0.00792. The summed E-state index contributed by atoms with van der Waals surface area (Å²) in [5.74, 6) is -0.328. The Labute approximate surface area is 259 Å². The molecule has 2 N–H and O–H groups in total. The molecule has 4 unspecified atom stereocenters. The number of nitrogens with one attached hydrogen (secondary N) is 2. The Morgan fingerprint density at radius 2 is 0.738 bits per heavy atom. The van der Waals surface area contributed by atoms with Crippen molar-refractivity contribution in [2.45, 2.75) is 197 Å². The molecule has 0 aliphatic carbocycles. The highest BCUT2D eigenvalue weighted by molar-refractivity contribution is 5.71. The fourth-order valence-electron chi connectivity index (χ4n) is 6.56. The van der Waals surface area contributed by atoms with Crippen molar-refractivity contribution < 1.29 is 19.1 Å². The molecular formula is C36H68N2O4. The summed E-state index contributed by atoms with van der Waals surface area (Å²) in [6.07, 6.45) is 4.79. The van der Waals surface area contributed by atoms with Gasteiger partial charge in [-0.2, -0.15) is 0 Å². The van der Waals surface area contributed by atoms with E-state index in [0.29, 0.717) is 25.7 Å². The van der Waals surface area contributed by atoms with Gasteiger partial charge in [0.1, 0.15) is 12.2 Å². The van der Waals surface area contributed by atoms with Gasteiger partial charge in [0, 0.05) is 60.7 Å². The summed E-state index contributed by atoms with van der Waals surface area (Å²) in [4.78, 5) is 25.9. The lowest BCUT2D eigenvalue weighted by Crippen LogP contribution is -2.70. The van der Waals surface area contributed by atoms with E-state index in [9.17, 15) is 9.59 Å². The summed E-state index contributed by atoms with van der Waals surface area (Å²) in [7, 11) is 0. The first-order valence-electron chi connectivity index (χ1n) is 16.5. The van der Waals surface area contributed by atoms with Crippen molar-refractivity contribution in [3.05, 3.63) is 0 Å². The van der Waals surface area contributed by atoms with E-state index < -0.39 is 0 Å². The van der Waals surface area contributed by atoms with Crippen LogP contribution in [0.15, 0.2) is 0 Å². The Balaban J connectivity index is 1.94. The predicted octanol–water partition coefficient (Wildman–Crippen LogP) is 8.36. The molecule has 6 heteroatoms. The van der Waals surface area contributed by atoms with Gasteiger partial charge in [0.2, 0.25) is 0 Å². The fourth-order valence-corrected chi connectivity index (χ4v) is 6.56. The third-order valence-electron chi connectivity index (χ3n) is 11.9. The van der Waals surface area contributed by atoms with Crippen molar-refractivity contribution >= 4 is 11.9 Å². The standard InChI is InChI=1S/C36H68N2O4/c1-29(2,3)33(13)21-25(22-34(14,37-33)30(4,5)6)41-27(39)19-17-18-20-28(40)42-26-23-35(15,31(7,8)9)38-36(16,24-26)32(10,11)12/h25-26,37-38H,17-24H2,1-16H3. The van der Waals surface area contributed by atoms with Crippen molar-refractivity contribution in [1.29, 1.82) is 0 Å². The van der Waals surface area contributed by atoms with Crippen molar-refractivity contribution in [3.8, 4) is 0 Å². The molecule has 0 bridgehead atoms. The minimum Gasteiger partial charge on any atom is -0.462 e. The topological polar surface area (TPSA) is 76.7 Å². The van der Waals surface area contributed by atoms with Crippen molar-refractivity contribution in [2.75, 3.05) is 0 Å². The smallest absolute Gasteiger partial charge is 0.306 e. The van der Waals surface area contributed by atoms with Gasteiger partial charge in [0.05, 0.1) is 0 Å². The van der Waals surface area contributed by atoms with Gasteiger partial charge in [0.15, 0.2) is 0 Å². The van der Waals surface area contributed by atoms with Gasteiger partial charge < -0.3 is 20.1 Å². The Bertz CT molecular complexity index is 831. The average molecular weight is 593 g/mol. The number of carbonyl (C=O) groups is 2. The molecule has 2 fully saturated rings. The molecule has 2 aliphatic heterocycles. The molecule has 0 radical (unpaired) electrons. The second-order valence-electron chi connectivity index (χ2n) is 18.8. The normalized spacial score (nSPS) is 35.0. The number of ether oxygens (including phenoxy) is 2.